The van der Waals surface area contributed by atoms with Crippen LogP contribution < -0.4 is 25.8 Å². The molecule has 4 N–H and O–H groups in total. The summed E-state index contributed by atoms with van der Waals surface area (Å²) in [6.45, 7) is 2.94. The van der Waals surface area contributed by atoms with E-state index >= 15 is 0 Å². The molecule has 0 spiro atoms. The van der Waals surface area contributed by atoms with Crippen LogP contribution >= 0.6 is 0 Å². The summed E-state index contributed by atoms with van der Waals surface area (Å²) in [5.41, 5.74) is 8.64. The summed E-state index contributed by atoms with van der Waals surface area (Å²) in [7, 11) is 1.64. The molecule has 0 bridgehead atoms. The van der Waals surface area contributed by atoms with Gasteiger partial charge in [-0.3, -0.25) is 4.79 Å². The minimum Gasteiger partial charge on any atom is -0.497 e. The molecule has 0 saturated carbocycles. The second-order valence-corrected chi connectivity index (χ2v) is 6.91. The largest absolute Gasteiger partial charge is 0.497 e. The molecule has 2 aromatic carbocycles. The fraction of sp³-hybridized carbons (Fsp3) is 0.261. The monoisotopic (exact) mass is 421 g/mol. The highest BCUT2D eigenvalue weighted by molar-refractivity contribution is 5.72. The number of carbonyl (C=O) groups is 1. The van der Waals surface area contributed by atoms with Gasteiger partial charge in [-0.2, -0.15) is 4.98 Å². The number of nitrogens with two attached hydrogens (primary N) is 1. The van der Waals surface area contributed by atoms with Gasteiger partial charge in [-0.05, 0) is 41.8 Å². The Morgan fingerprint density at radius 3 is 2.32 bits per heavy atom. The van der Waals surface area contributed by atoms with Crippen LogP contribution in [-0.4, -0.2) is 29.5 Å². The van der Waals surface area contributed by atoms with Gasteiger partial charge in [0.1, 0.15) is 11.5 Å². The number of ether oxygens (including phenoxy) is 2. The van der Waals surface area contributed by atoms with E-state index in [2.05, 4.69) is 20.6 Å². The van der Waals surface area contributed by atoms with Crippen molar-refractivity contribution >= 4 is 11.9 Å². The fourth-order valence-corrected chi connectivity index (χ4v) is 2.86. The minimum absolute atomic E-state index is 0.0316. The van der Waals surface area contributed by atoms with Crippen LogP contribution in [0.4, 0.5) is 5.95 Å². The quantitative estimate of drug-likeness (QED) is 0.461. The molecule has 3 aromatic rings. The van der Waals surface area contributed by atoms with Gasteiger partial charge in [0, 0.05) is 32.6 Å². The van der Waals surface area contributed by atoms with Gasteiger partial charge in [0.05, 0.1) is 12.8 Å². The van der Waals surface area contributed by atoms with Gasteiger partial charge in [-0.25, -0.2) is 4.98 Å². The van der Waals surface area contributed by atoms with Gasteiger partial charge in [-0.15, -0.1) is 0 Å². The van der Waals surface area contributed by atoms with Gasteiger partial charge in [-0.1, -0.05) is 24.3 Å². The number of hydrogen-bond donors (Lipinski definition) is 3. The molecule has 1 aromatic heterocycles. The first-order valence-electron chi connectivity index (χ1n) is 10.0. The van der Waals surface area contributed by atoms with Crippen molar-refractivity contribution in [2.75, 3.05) is 19.0 Å². The van der Waals surface area contributed by atoms with Crippen molar-refractivity contribution in [3.8, 4) is 17.4 Å². The van der Waals surface area contributed by atoms with Gasteiger partial charge >= 0.3 is 0 Å². The first-order valence-corrected chi connectivity index (χ1v) is 10.0. The zero-order valence-corrected chi connectivity index (χ0v) is 17.7. The third-order valence-electron chi connectivity index (χ3n) is 4.51. The highest BCUT2D eigenvalue weighted by atomic mass is 16.5. The maximum absolute atomic E-state index is 11.0. The van der Waals surface area contributed by atoms with Crippen molar-refractivity contribution in [2.45, 2.75) is 26.4 Å². The van der Waals surface area contributed by atoms with Gasteiger partial charge in [0.15, 0.2) is 0 Å². The Balaban J connectivity index is 1.63. The Morgan fingerprint density at radius 1 is 1.00 bits per heavy atom. The van der Waals surface area contributed by atoms with Gasteiger partial charge in [0.2, 0.25) is 17.7 Å². The zero-order chi connectivity index (χ0) is 22.1. The Labute approximate surface area is 181 Å². The van der Waals surface area contributed by atoms with E-state index in [0.29, 0.717) is 36.4 Å². The lowest BCUT2D eigenvalue weighted by Gasteiger charge is -2.11. The molecule has 8 heteroatoms. The molecule has 0 saturated heterocycles. The molecule has 0 atom stereocenters. The number of hydrogen-bond acceptors (Lipinski definition) is 7. The molecule has 8 nitrogen and oxygen atoms in total. The van der Waals surface area contributed by atoms with E-state index in [4.69, 9.17) is 15.2 Å². The Hall–Kier alpha value is -3.65. The lowest BCUT2D eigenvalue weighted by molar-refractivity contribution is -0.118. The topological polar surface area (TPSA) is 111 Å². The molecule has 0 radical (unpaired) electrons. The van der Waals surface area contributed by atoms with Crippen LogP contribution in [0.1, 0.15) is 23.7 Å². The Kier molecular flexibility index (Phi) is 7.78. The van der Waals surface area contributed by atoms with Gasteiger partial charge in [0.25, 0.3) is 0 Å². The summed E-state index contributed by atoms with van der Waals surface area (Å²) in [5.74, 6) is 2.29. The fourth-order valence-electron chi connectivity index (χ4n) is 2.86. The first-order chi connectivity index (χ1) is 15.1. The predicted molar refractivity (Wildman–Crippen MR) is 119 cm³/mol. The number of carbonyl (C=O) groups excluding carboxylic acids is 1. The van der Waals surface area contributed by atoms with E-state index in [-0.39, 0.29) is 12.5 Å². The summed E-state index contributed by atoms with van der Waals surface area (Å²) in [6.07, 6.45) is 0.754. The SMILES string of the molecule is COc1ccc(CNc2nc(CN)cc(Oc3ccc(CCNC(C)=O)cc3)n2)cc1. The maximum Gasteiger partial charge on any atom is 0.226 e. The van der Waals surface area contributed by atoms with Crippen molar-refractivity contribution in [3.05, 3.63) is 71.4 Å². The van der Waals surface area contributed by atoms with Crippen LogP contribution in [0.3, 0.4) is 0 Å². The molecule has 3 rings (SSSR count). The summed E-state index contributed by atoms with van der Waals surface area (Å²) in [4.78, 5) is 19.8. The smallest absolute Gasteiger partial charge is 0.226 e. The average Bonchev–Trinajstić information content (AvgIpc) is 2.79. The summed E-state index contributed by atoms with van der Waals surface area (Å²) in [5, 5.41) is 5.99. The van der Waals surface area contributed by atoms with Crippen LogP contribution in [0, 0.1) is 0 Å². The highest BCUT2D eigenvalue weighted by Gasteiger charge is 2.07. The van der Waals surface area contributed by atoms with Crippen molar-refractivity contribution in [3.63, 3.8) is 0 Å². The maximum atomic E-state index is 11.0. The normalized spacial score (nSPS) is 10.4. The lowest BCUT2D eigenvalue weighted by atomic mass is 10.1. The molecular formula is C23H27N5O3. The predicted octanol–water partition coefficient (Wildman–Crippen LogP) is 3.03. The van der Waals surface area contributed by atoms with Crippen molar-refractivity contribution in [2.24, 2.45) is 5.73 Å². The average molecular weight is 422 g/mol. The van der Waals surface area contributed by atoms with Crippen LogP contribution in [0.5, 0.6) is 17.4 Å². The van der Waals surface area contributed by atoms with E-state index in [0.717, 1.165) is 23.3 Å². The van der Waals surface area contributed by atoms with Crippen molar-refractivity contribution < 1.29 is 14.3 Å². The molecule has 0 fully saturated rings. The van der Waals surface area contributed by atoms with E-state index in [1.807, 2.05) is 48.5 Å². The number of nitrogens with one attached hydrogen (secondary N) is 2. The van der Waals surface area contributed by atoms with Crippen LogP contribution in [0.25, 0.3) is 0 Å². The second-order valence-electron chi connectivity index (χ2n) is 6.91. The minimum atomic E-state index is -0.0316. The number of aromatic nitrogens is 2. The van der Waals surface area contributed by atoms with Crippen LogP contribution in [-0.2, 0) is 24.3 Å². The number of benzene rings is 2. The molecule has 31 heavy (non-hydrogen) atoms. The number of anilines is 1. The van der Waals surface area contributed by atoms with E-state index < -0.39 is 0 Å². The van der Waals surface area contributed by atoms with E-state index in [1.54, 1.807) is 13.2 Å². The molecule has 162 valence electrons. The Morgan fingerprint density at radius 2 is 1.68 bits per heavy atom. The molecule has 0 unspecified atom stereocenters. The molecule has 0 aliphatic heterocycles. The summed E-state index contributed by atoms with van der Waals surface area (Å²) in [6, 6.07) is 17.2. The third kappa shape index (κ3) is 6.97. The zero-order valence-electron chi connectivity index (χ0n) is 17.7. The van der Waals surface area contributed by atoms with Crippen LogP contribution in [0.15, 0.2) is 54.6 Å². The molecule has 1 heterocycles. The molecular weight excluding hydrogens is 394 g/mol. The van der Waals surface area contributed by atoms with E-state index in [9.17, 15) is 4.79 Å². The summed E-state index contributed by atoms with van der Waals surface area (Å²) < 4.78 is 11.1. The van der Waals surface area contributed by atoms with Crippen LogP contribution in [0.2, 0.25) is 0 Å². The van der Waals surface area contributed by atoms with Gasteiger partial charge < -0.3 is 25.8 Å². The highest BCUT2D eigenvalue weighted by Crippen LogP contribution is 2.22. The third-order valence-corrected chi connectivity index (χ3v) is 4.51. The summed E-state index contributed by atoms with van der Waals surface area (Å²) >= 11 is 0. The second kappa shape index (κ2) is 10.9. The number of methoxy groups -OCH3 is 1. The standard InChI is InChI=1S/C23H27N5O3/c1-16(29)25-12-11-17-3-9-21(10-4-17)31-22-13-19(14-24)27-23(28-22)26-15-18-5-7-20(30-2)8-6-18/h3-10,13H,11-12,14-15,24H2,1-2H3,(H,25,29)(H,26,27,28). The van der Waals surface area contributed by atoms with Crippen molar-refractivity contribution in [1.82, 2.24) is 15.3 Å². The number of amides is 1. The molecule has 0 aliphatic rings. The Bertz CT molecular complexity index is 991. The number of nitrogens with zero attached hydrogens (tertiary/aromatic N) is 2. The molecule has 1 amide bonds. The van der Waals surface area contributed by atoms with E-state index in [1.165, 1.54) is 6.92 Å². The molecule has 0 aliphatic carbocycles. The first kappa shape index (κ1) is 22.0. The van der Waals surface area contributed by atoms with Crippen molar-refractivity contribution in [1.29, 1.82) is 0 Å². The lowest BCUT2D eigenvalue weighted by Crippen LogP contribution is -2.22. The number of rotatable bonds is 10.